The molecule has 1 aromatic rings. The van der Waals surface area contributed by atoms with Gasteiger partial charge in [0.2, 0.25) is 11.8 Å². The zero-order valence-electron chi connectivity index (χ0n) is 16.0. The first-order chi connectivity index (χ1) is 12.9. The minimum absolute atomic E-state index is 0. The summed E-state index contributed by atoms with van der Waals surface area (Å²) in [7, 11) is 1.49. The first-order valence-electron chi connectivity index (χ1n) is 9.55. The van der Waals surface area contributed by atoms with E-state index >= 15 is 0 Å². The van der Waals surface area contributed by atoms with E-state index in [1.807, 2.05) is 11.0 Å². The van der Waals surface area contributed by atoms with Crippen molar-refractivity contribution in [1.29, 1.82) is 0 Å². The maximum absolute atomic E-state index is 13.8. The highest BCUT2D eigenvalue weighted by Gasteiger charge is 2.52. The Morgan fingerprint density at radius 3 is 2.64 bits per heavy atom. The van der Waals surface area contributed by atoms with Gasteiger partial charge in [-0.1, -0.05) is 12.1 Å². The molecule has 2 amide bonds. The van der Waals surface area contributed by atoms with Crippen LogP contribution in [-0.4, -0.2) is 60.5 Å². The second-order valence-corrected chi connectivity index (χ2v) is 8.12. The number of amides is 2. The van der Waals surface area contributed by atoms with Gasteiger partial charge in [-0.15, -0.1) is 12.4 Å². The molecule has 2 aliphatic heterocycles. The number of likely N-dealkylation sites (tertiary alicyclic amines) is 2. The van der Waals surface area contributed by atoms with E-state index < -0.39 is 5.54 Å². The van der Waals surface area contributed by atoms with E-state index in [-0.39, 0.29) is 54.5 Å². The van der Waals surface area contributed by atoms with Crippen LogP contribution >= 0.6 is 12.4 Å². The molecule has 8 heteroatoms. The van der Waals surface area contributed by atoms with Gasteiger partial charge in [-0.3, -0.25) is 9.59 Å². The van der Waals surface area contributed by atoms with Gasteiger partial charge in [0.25, 0.3) is 0 Å². The highest BCUT2D eigenvalue weighted by atomic mass is 35.5. The summed E-state index contributed by atoms with van der Waals surface area (Å²) in [6, 6.07) is 6.15. The van der Waals surface area contributed by atoms with E-state index in [1.165, 1.54) is 19.2 Å². The quantitative estimate of drug-likeness (QED) is 0.818. The van der Waals surface area contributed by atoms with Crippen LogP contribution in [0.5, 0.6) is 0 Å². The van der Waals surface area contributed by atoms with Crippen LogP contribution in [0.15, 0.2) is 24.3 Å². The molecule has 2 heterocycles. The van der Waals surface area contributed by atoms with Crippen molar-refractivity contribution in [1.82, 2.24) is 9.80 Å². The first kappa shape index (κ1) is 21.0. The van der Waals surface area contributed by atoms with Crippen LogP contribution in [0.2, 0.25) is 0 Å². The van der Waals surface area contributed by atoms with Crippen molar-refractivity contribution in [2.24, 2.45) is 17.6 Å². The van der Waals surface area contributed by atoms with Gasteiger partial charge < -0.3 is 20.3 Å². The molecule has 3 atom stereocenters. The molecule has 4 rings (SSSR count). The number of hydrogen-bond acceptors (Lipinski definition) is 4. The summed E-state index contributed by atoms with van der Waals surface area (Å²) in [6.07, 6.45) is 2.47. The van der Waals surface area contributed by atoms with E-state index in [1.54, 1.807) is 11.0 Å². The van der Waals surface area contributed by atoms with Crippen molar-refractivity contribution in [2.45, 2.75) is 30.8 Å². The van der Waals surface area contributed by atoms with Crippen LogP contribution in [0, 0.1) is 17.7 Å². The van der Waals surface area contributed by atoms with E-state index in [0.29, 0.717) is 19.6 Å². The largest absolute Gasteiger partial charge is 0.375 e. The molecule has 0 radical (unpaired) electrons. The second kappa shape index (κ2) is 7.97. The number of halogens is 2. The third kappa shape index (κ3) is 3.51. The fourth-order valence-corrected chi connectivity index (χ4v) is 4.88. The Bertz CT molecular complexity index is 758. The molecule has 1 aromatic carbocycles. The lowest BCUT2D eigenvalue weighted by Crippen LogP contribution is -2.59. The molecule has 154 valence electrons. The average molecular weight is 412 g/mol. The zero-order chi connectivity index (χ0) is 19.2. The Morgan fingerprint density at radius 1 is 1.29 bits per heavy atom. The van der Waals surface area contributed by atoms with Crippen LogP contribution in [0.4, 0.5) is 4.39 Å². The van der Waals surface area contributed by atoms with E-state index in [9.17, 15) is 14.0 Å². The topological polar surface area (TPSA) is 75.9 Å². The lowest BCUT2D eigenvalue weighted by atomic mass is 9.76. The lowest BCUT2D eigenvalue weighted by Gasteiger charge is -2.40. The summed E-state index contributed by atoms with van der Waals surface area (Å²) >= 11 is 0. The Morgan fingerprint density at radius 2 is 2.04 bits per heavy atom. The monoisotopic (exact) mass is 411 g/mol. The Balaban J connectivity index is 0.00000225. The average Bonchev–Trinajstić information content (AvgIpc) is 3.16. The molecule has 0 unspecified atom stereocenters. The second-order valence-electron chi connectivity index (χ2n) is 8.12. The molecule has 3 fully saturated rings. The number of nitrogens with zero attached hydrogens (tertiary/aromatic N) is 2. The SMILES string of the molecule is COCC(=O)N1C[C@H]2CN(C(=O)C3(N)CCC3)C[C@H]2[C@@H]1c1cccc(F)c1.Cl. The third-order valence-electron chi connectivity index (χ3n) is 6.40. The Hall–Kier alpha value is -1.70. The van der Waals surface area contributed by atoms with Crippen molar-refractivity contribution < 1.29 is 18.7 Å². The lowest BCUT2D eigenvalue weighted by molar-refractivity contribution is -0.140. The predicted octanol–water partition coefficient (Wildman–Crippen LogP) is 1.73. The number of carbonyl (C=O) groups excluding carboxylic acids is 2. The highest BCUT2D eigenvalue weighted by molar-refractivity contribution is 5.87. The molecule has 2 N–H and O–H groups in total. The van der Waals surface area contributed by atoms with E-state index in [2.05, 4.69) is 0 Å². The van der Waals surface area contributed by atoms with Crippen LogP contribution in [0.25, 0.3) is 0 Å². The molecule has 1 aliphatic carbocycles. The summed E-state index contributed by atoms with van der Waals surface area (Å²) in [4.78, 5) is 29.1. The summed E-state index contributed by atoms with van der Waals surface area (Å²) in [5.41, 5.74) is 6.30. The fourth-order valence-electron chi connectivity index (χ4n) is 4.88. The van der Waals surface area contributed by atoms with Gasteiger partial charge in [0.15, 0.2) is 0 Å². The number of rotatable bonds is 4. The minimum atomic E-state index is -0.710. The predicted molar refractivity (Wildman–Crippen MR) is 104 cm³/mol. The van der Waals surface area contributed by atoms with Gasteiger partial charge in [-0.25, -0.2) is 4.39 Å². The summed E-state index contributed by atoms with van der Waals surface area (Å²) in [5.74, 6) is -0.146. The molecule has 1 saturated carbocycles. The molecule has 6 nitrogen and oxygen atoms in total. The summed E-state index contributed by atoms with van der Waals surface area (Å²) in [6.45, 7) is 1.71. The molecule has 28 heavy (non-hydrogen) atoms. The zero-order valence-corrected chi connectivity index (χ0v) is 16.8. The Labute approximate surface area is 170 Å². The van der Waals surface area contributed by atoms with Gasteiger partial charge in [-0.2, -0.15) is 0 Å². The number of benzene rings is 1. The van der Waals surface area contributed by atoms with E-state index in [0.717, 1.165) is 24.8 Å². The van der Waals surface area contributed by atoms with Crippen LogP contribution in [-0.2, 0) is 14.3 Å². The third-order valence-corrected chi connectivity index (χ3v) is 6.40. The maximum Gasteiger partial charge on any atom is 0.249 e. The highest BCUT2D eigenvalue weighted by Crippen LogP contribution is 2.46. The molecule has 2 saturated heterocycles. The maximum atomic E-state index is 13.8. The minimum Gasteiger partial charge on any atom is -0.375 e. The van der Waals surface area contributed by atoms with Crippen molar-refractivity contribution in [3.8, 4) is 0 Å². The Kier molecular flexibility index (Phi) is 5.98. The van der Waals surface area contributed by atoms with Crippen molar-refractivity contribution in [2.75, 3.05) is 33.4 Å². The fraction of sp³-hybridized carbons (Fsp3) is 0.600. The number of ether oxygens (including phenoxy) is 1. The van der Waals surface area contributed by atoms with Gasteiger partial charge in [0, 0.05) is 38.6 Å². The number of hydrogen-bond donors (Lipinski definition) is 1. The summed E-state index contributed by atoms with van der Waals surface area (Å²) < 4.78 is 18.9. The first-order valence-corrected chi connectivity index (χ1v) is 9.55. The van der Waals surface area contributed by atoms with Crippen LogP contribution < -0.4 is 5.73 Å². The number of carbonyl (C=O) groups is 2. The van der Waals surface area contributed by atoms with Crippen LogP contribution in [0.3, 0.4) is 0 Å². The molecule has 3 aliphatic rings. The van der Waals surface area contributed by atoms with Gasteiger partial charge >= 0.3 is 0 Å². The number of methoxy groups -OCH3 is 1. The number of nitrogens with two attached hydrogens (primary N) is 1. The molecule has 0 spiro atoms. The standard InChI is InChI=1S/C20H26FN3O3.ClH/c1-27-12-17(25)24-10-14-9-23(19(26)20(22)6-3-7-20)11-16(14)18(24)13-4-2-5-15(21)8-13;/h2,4-5,8,14,16,18H,3,6-7,9-12,22H2,1H3;1H/t14-,16-,18+;/m1./s1. The molecule has 0 aromatic heterocycles. The normalized spacial score (nSPS) is 27.8. The molecular formula is C20H27ClFN3O3. The molecular weight excluding hydrogens is 385 g/mol. The smallest absolute Gasteiger partial charge is 0.249 e. The van der Waals surface area contributed by atoms with Crippen molar-refractivity contribution in [3.05, 3.63) is 35.6 Å². The number of fused-ring (bicyclic) bond motifs is 1. The van der Waals surface area contributed by atoms with Crippen LogP contribution in [0.1, 0.15) is 30.9 Å². The van der Waals surface area contributed by atoms with Gasteiger partial charge in [0.1, 0.15) is 12.4 Å². The van der Waals surface area contributed by atoms with Gasteiger partial charge in [0.05, 0.1) is 11.6 Å². The summed E-state index contributed by atoms with van der Waals surface area (Å²) in [5, 5.41) is 0. The van der Waals surface area contributed by atoms with Crippen molar-refractivity contribution >= 4 is 24.2 Å². The van der Waals surface area contributed by atoms with E-state index in [4.69, 9.17) is 10.5 Å². The molecule has 0 bridgehead atoms. The van der Waals surface area contributed by atoms with Crippen molar-refractivity contribution in [3.63, 3.8) is 0 Å². The van der Waals surface area contributed by atoms with Gasteiger partial charge in [-0.05, 0) is 37.0 Å².